The molecule has 0 unspecified atom stereocenters. The summed E-state index contributed by atoms with van der Waals surface area (Å²) in [6.45, 7) is 0.280. The van der Waals surface area contributed by atoms with E-state index in [9.17, 15) is 13.2 Å². The zero-order chi connectivity index (χ0) is 13.9. The molecule has 0 saturated carbocycles. The average Bonchev–Trinajstić information content (AvgIpc) is 2.37. The summed E-state index contributed by atoms with van der Waals surface area (Å²) in [6, 6.07) is 7.45. The minimum absolute atomic E-state index is 0. The molecule has 2 rings (SSSR count). The van der Waals surface area contributed by atoms with Gasteiger partial charge in [-0.1, -0.05) is 12.1 Å². The standard InChI is InChI=1S/C13H11F3N2O.2ClH/c14-13(15,16)19-11-3-1-2-9(6-11)12-8-18-5-4-10(12)7-17;;/h1-6,8H,7,17H2;2*1H. The van der Waals surface area contributed by atoms with Crippen LogP contribution in [0.1, 0.15) is 5.56 Å². The van der Waals surface area contributed by atoms with Crippen LogP contribution in [0, 0.1) is 0 Å². The minimum atomic E-state index is -4.70. The van der Waals surface area contributed by atoms with Gasteiger partial charge in [0.25, 0.3) is 0 Å². The molecule has 8 heteroatoms. The number of benzene rings is 1. The summed E-state index contributed by atoms with van der Waals surface area (Å²) in [4.78, 5) is 3.96. The van der Waals surface area contributed by atoms with E-state index in [4.69, 9.17) is 5.73 Å². The fraction of sp³-hybridized carbons (Fsp3) is 0.154. The summed E-state index contributed by atoms with van der Waals surface area (Å²) >= 11 is 0. The molecule has 3 nitrogen and oxygen atoms in total. The molecular formula is C13H13Cl2F3N2O. The van der Waals surface area contributed by atoms with Gasteiger partial charge in [-0.05, 0) is 29.3 Å². The molecule has 0 radical (unpaired) electrons. The van der Waals surface area contributed by atoms with Crippen LogP contribution in [-0.4, -0.2) is 11.3 Å². The Morgan fingerprint density at radius 3 is 2.48 bits per heavy atom. The molecule has 0 spiro atoms. The van der Waals surface area contributed by atoms with Crippen LogP contribution in [-0.2, 0) is 6.54 Å². The SMILES string of the molecule is Cl.Cl.NCc1ccncc1-c1cccc(OC(F)(F)F)c1. The van der Waals surface area contributed by atoms with Gasteiger partial charge in [0.2, 0.25) is 0 Å². The molecule has 0 aliphatic heterocycles. The summed E-state index contributed by atoms with van der Waals surface area (Å²) in [5.41, 5.74) is 7.66. The summed E-state index contributed by atoms with van der Waals surface area (Å²) in [6.07, 6.45) is -1.55. The number of nitrogens with zero attached hydrogens (tertiary/aromatic N) is 1. The van der Waals surface area contributed by atoms with Crippen molar-refractivity contribution in [2.45, 2.75) is 12.9 Å². The van der Waals surface area contributed by atoms with Crippen LogP contribution < -0.4 is 10.5 Å². The van der Waals surface area contributed by atoms with E-state index in [2.05, 4.69) is 9.72 Å². The van der Waals surface area contributed by atoms with Crippen LogP contribution in [0.4, 0.5) is 13.2 Å². The van der Waals surface area contributed by atoms with E-state index in [-0.39, 0.29) is 37.1 Å². The van der Waals surface area contributed by atoms with Crippen molar-refractivity contribution in [3.8, 4) is 16.9 Å². The molecule has 2 aromatic rings. The molecule has 1 aromatic heterocycles. The van der Waals surface area contributed by atoms with Gasteiger partial charge in [0, 0.05) is 24.5 Å². The van der Waals surface area contributed by atoms with E-state index in [0.717, 1.165) is 5.56 Å². The molecular weight excluding hydrogens is 328 g/mol. The lowest BCUT2D eigenvalue weighted by atomic mass is 10.0. The van der Waals surface area contributed by atoms with Crippen molar-refractivity contribution < 1.29 is 17.9 Å². The van der Waals surface area contributed by atoms with Crippen LogP contribution in [0.5, 0.6) is 5.75 Å². The van der Waals surface area contributed by atoms with Gasteiger partial charge in [0.15, 0.2) is 0 Å². The fourth-order valence-electron chi connectivity index (χ4n) is 1.72. The normalized spacial score (nSPS) is 10.3. The Kier molecular flexibility index (Phi) is 7.49. The second-order valence-corrected chi connectivity index (χ2v) is 3.81. The Balaban J connectivity index is 0.00000200. The average molecular weight is 341 g/mol. The van der Waals surface area contributed by atoms with Crippen molar-refractivity contribution in [2.75, 3.05) is 0 Å². The van der Waals surface area contributed by atoms with Gasteiger partial charge in [-0.15, -0.1) is 38.0 Å². The summed E-state index contributed by atoms with van der Waals surface area (Å²) in [5, 5.41) is 0. The number of halogens is 5. The van der Waals surface area contributed by atoms with Crippen LogP contribution >= 0.6 is 24.8 Å². The highest BCUT2D eigenvalue weighted by Crippen LogP contribution is 2.29. The maximum absolute atomic E-state index is 12.2. The molecule has 116 valence electrons. The molecule has 0 fully saturated rings. The second-order valence-electron chi connectivity index (χ2n) is 3.81. The molecule has 0 amide bonds. The predicted octanol–water partition coefficient (Wildman–Crippen LogP) is 3.95. The molecule has 0 aliphatic carbocycles. The van der Waals surface area contributed by atoms with Gasteiger partial charge < -0.3 is 10.5 Å². The fourth-order valence-corrected chi connectivity index (χ4v) is 1.72. The highest BCUT2D eigenvalue weighted by molar-refractivity contribution is 5.85. The van der Waals surface area contributed by atoms with Crippen molar-refractivity contribution in [1.82, 2.24) is 4.98 Å². The Morgan fingerprint density at radius 2 is 1.86 bits per heavy atom. The molecule has 0 saturated heterocycles. The first kappa shape index (κ1) is 19.5. The van der Waals surface area contributed by atoms with E-state index in [1.165, 1.54) is 18.2 Å². The Bertz CT molecular complexity index is 579. The number of ether oxygens (including phenoxy) is 1. The van der Waals surface area contributed by atoms with Crippen LogP contribution in [0.3, 0.4) is 0 Å². The molecule has 0 bridgehead atoms. The molecule has 0 aliphatic rings. The van der Waals surface area contributed by atoms with Crippen molar-refractivity contribution in [2.24, 2.45) is 5.73 Å². The smallest absolute Gasteiger partial charge is 0.406 e. The van der Waals surface area contributed by atoms with E-state index in [1.54, 1.807) is 24.5 Å². The van der Waals surface area contributed by atoms with Crippen molar-refractivity contribution in [1.29, 1.82) is 0 Å². The molecule has 0 atom stereocenters. The van der Waals surface area contributed by atoms with Crippen molar-refractivity contribution in [3.05, 3.63) is 48.3 Å². The lowest BCUT2D eigenvalue weighted by Gasteiger charge is -2.11. The van der Waals surface area contributed by atoms with E-state index < -0.39 is 6.36 Å². The van der Waals surface area contributed by atoms with E-state index in [0.29, 0.717) is 11.1 Å². The van der Waals surface area contributed by atoms with Gasteiger partial charge in [-0.3, -0.25) is 4.98 Å². The maximum Gasteiger partial charge on any atom is 0.573 e. The predicted molar refractivity (Wildman–Crippen MR) is 78.7 cm³/mol. The largest absolute Gasteiger partial charge is 0.573 e. The van der Waals surface area contributed by atoms with Crippen molar-refractivity contribution >= 4 is 24.8 Å². The van der Waals surface area contributed by atoms with Gasteiger partial charge in [-0.25, -0.2) is 0 Å². The minimum Gasteiger partial charge on any atom is -0.406 e. The van der Waals surface area contributed by atoms with E-state index >= 15 is 0 Å². The Hall–Kier alpha value is -1.50. The third kappa shape index (κ3) is 5.41. The summed E-state index contributed by atoms with van der Waals surface area (Å²) in [7, 11) is 0. The lowest BCUT2D eigenvalue weighted by Crippen LogP contribution is -2.17. The quantitative estimate of drug-likeness (QED) is 0.920. The molecule has 21 heavy (non-hydrogen) atoms. The third-order valence-electron chi connectivity index (χ3n) is 2.51. The summed E-state index contributed by atoms with van der Waals surface area (Å²) < 4.78 is 40.4. The van der Waals surface area contributed by atoms with Gasteiger partial charge in [-0.2, -0.15) is 0 Å². The highest BCUT2D eigenvalue weighted by atomic mass is 35.5. The highest BCUT2D eigenvalue weighted by Gasteiger charge is 2.31. The van der Waals surface area contributed by atoms with Crippen LogP contribution in [0.25, 0.3) is 11.1 Å². The maximum atomic E-state index is 12.2. The van der Waals surface area contributed by atoms with Crippen LogP contribution in [0.2, 0.25) is 0 Å². The molecule has 1 heterocycles. The number of pyridine rings is 1. The first-order valence-electron chi connectivity index (χ1n) is 5.49. The summed E-state index contributed by atoms with van der Waals surface area (Å²) in [5.74, 6) is -0.267. The van der Waals surface area contributed by atoms with E-state index in [1.807, 2.05) is 0 Å². The first-order valence-corrected chi connectivity index (χ1v) is 5.49. The Morgan fingerprint density at radius 1 is 1.14 bits per heavy atom. The number of hydrogen-bond acceptors (Lipinski definition) is 3. The van der Waals surface area contributed by atoms with Gasteiger partial charge in [0.05, 0.1) is 0 Å². The number of rotatable bonds is 3. The zero-order valence-electron chi connectivity index (χ0n) is 10.6. The Labute approximate surface area is 132 Å². The lowest BCUT2D eigenvalue weighted by molar-refractivity contribution is -0.274. The topological polar surface area (TPSA) is 48.1 Å². The molecule has 1 aromatic carbocycles. The second kappa shape index (κ2) is 8.07. The number of hydrogen-bond donors (Lipinski definition) is 1. The number of aromatic nitrogens is 1. The van der Waals surface area contributed by atoms with Gasteiger partial charge >= 0.3 is 6.36 Å². The first-order chi connectivity index (χ1) is 8.99. The number of nitrogens with two attached hydrogens (primary N) is 1. The monoisotopic (exact) mass is 340 g/mol. The van der Waals surface area contributed by atoms with Crippen molar-refractivity contribution in [3.63, 3.8) is 0 Å². The third-order valence-corrected chi connectivity index (χ3v) is 2.51. The zero-order valence-corrected chi connectivity index (χ0v) is 12.3. The molecule has 2 N–H and O–H groups in total. The van der Waals surface area contributed by atoms with Crippen LogP contribution in [0.15, 0.2) is 42.7 Å². The number of alkyl halides is 3. The van der Waals surface area contributed by atoms with Gasteiger partial charge in [0.1, 0.15) is 5.75 Å².